The van der Waals surface area contributed by atoms with Crippen LogP contribution < -0.4 is 5.32 Å². The summed E-state index contributed by atoms with van der Waals surface area (Å²) in [6.07, 6.45) is 1.80. The molecule has 3 aromatic rings. The first-order chi connectivity index (χ1) is 11.4. The number of rotatable bonds is 5. The molecule has 1 N–H and O–H groups in total. The van der Waals surface area contributed by atoms with E-state index in [1.165, 1.54) is 11.3 Å². The van der Waals surface area contributed by atoms with Gasteiger partial charge in [0.2, 0.25) is 5.82 Å². The summed E-state index contributed by atoms with van der Waals surface area (Å²) in [5.74, 6) is -3.93. The number of halogens is 2. The molecule has 0 saturated carbocycles. The largest absolute Gasteiger partial charge is 0.354 e. The highest BCUT2D eigenvalue weighted by molar-refractivity contribution is 7.15. The Kier molecular flexibility index (Phi) is 4.18. The van der Waals surface area contributed by atoms with Crippen molar-refractivity contribution in [3.05, 3.63) is 46.9 Å². The smallest absolute Gasteiger partial charge is 0.322 e. The Morgan fingerprint density at radius 1 is 1.42 bits per heavy atom. The lowest BCUT2D eigenvalue weighted by atomic mass is 10.3. The zero-order valence-corrected chi connectivity index (χ0v) is 13.7. The van der Waals surface area contributed by atoms with Crippen LogP contribution in [0, 0.1) is 0 Å². The Bertz CT molecular complexity index is 863. The van der Waals surface area contributed by atoms with E-state index in [4.69, 9.17) is 0 Å². The molecular weight excluding hydrogens is 338 g/mol. The van der Waals surface area contributed by atoms with Crippen molar-refractivity contribution in [2.45, 2.75) is 19.4 Å². The fraction of sp³-hybridized carbons (Fsp3) is 0.267. The van der Waals surface area contributed by atoms with Gasteiger partial charge in [0.1, 0.15) is 5.69 Å². The number of aromatic nitrogens is 3. The Balaban J connectivity index is 1.80. The summed E-state index contributed by atoms with van der Waals surface area (Å²) in [6.45, 7) is 1.19. The molecule has 0 atom stereocenters. The fourth-order valence-corrected chi connectivity index (χ4v) is 3.07. The minimum atomic E-state index is -3.17. The maximum atomic E-state index is 13.2. The quantitative estimate of drug-likeness (QED) is 0.766. The topological polar surface area (TPSA) is 73.0 Å². The number of nitrogens with zero attached hydrogens (tertiary/aromatic N) is 3. The van der Waals surface area contributed by atoms with Gasteiger partial charge in [-0.25, -0.2) is 0 Å². The summed E-state index contributed by atoms with van der Waals surface area (Å²) >= 11 is 1.35. The van der Waals surface area contributed by atoms with Gasteiger partial charge >= 0.3 is 5.92 Å². The fourth-order valence-electron chi connectivity index (χ4n) is 2.14. The molecule has 24 heavy (non-hydrogen) atoms. The first-order valence-corrected chi connectivity index (χ1v) is 7.88. The van der Waals surface area contributed by atoms with Crippen LogP contribution in [0.15, 0.2) is 35.0 Å². The van der Waals surface area contributed by atoms with Crippen LogP contribution in [0.3, 0.4) is 0 Å². The lowest BCUT2D eigenvalue weighted by molar-refractivity contribution is -0.0158. The van der Waals surface area contributed by atoms with Gasteiger partial charge in [-0.2, -0.15) is 13.8 Å². The van der Waals surface area contributed by atoms with E-state index in [1.54, 1.807) is 36.0 Å². The van der Waals surface area contributed by atoms with Crippen LogP contribution in [-0.4, -0.2) is 27.7 Å². The molecule has 126 valence electrons. The third-order valence-corrected chi connectivity index (χ3v) is 4.36. The van der Waals surface area contributed by atoms with Crippen LogP contribution >= 0.6 is 11.3 Å². The molecule has 0 aliphatic carbocycles. The molecule has 0 aliphatic heterocycles. The summed E-state index contributed by atoms with van der Waals surface area (Å²) in [4.78, 5) is 17.1. The number of thiophene rings is 1. The normalized spacial score (nSPS) is 11.7. The third-order valence-electron chi connectivity index (χ3n) is 3.30. The molecule has 0 radical (unpaired) electrons. The van der Waals surface area contributed by atoms with Gasteiger partial charge in [-0.15, -0.1) is 11.3 Å². The van der Waals surface area contributed by atoms with E-state index < -0.39 is 11.8 Å². The number of hydrogen-bond donors (Lipinski definition) is 1. The molecule has 0 aromatic carbocycles. The molecule has 0 unspecified atom stereocenters. The minimum Gasteiger partial charge on any atom is -0.354 e. The standard InChI is InChI=1S/C15H14F2N4O2S/c1-15(16,17)14-19-12(20-23-14)11-6-5-9(24-11)8-21-7-3-4-10(21)13(22)18-2/h3-7H,8H2,1-2H3,(H,18,22). The first-order valence-electron chi connectivity index (χ1n) is 7.07. The van der Waals surface area contributed by atoms with Crippen molar-refractivity contribution in [1.29, 1.82) is 0 Å². The number of alkyl halides is 2. The van der Waals surface area contributed by atoms with Crippen molar-refractivity contribution in [2.24, 2.45) is 0 Å². The summed E-state index contributed by atoms with van der Waals surface area (Å²) in [5.41, 5.74) is 0.542. The SMILES string of the molecule is CNC(=O)c1cccn1Cc1ccc(-c2noc(C(C)(F)F)n2)s1. The van der Waals surface area contributed by atoms with E-state index in [0.29, 0.717) is 24.0 Å². The second kappa shape index (κ2) is 6.16. The number of nitrogens with one attached hydrogen (secondary N) is 1. The van der Waals surface area contributed by atoms with Crippen molar-refractivity contribution < 1.29 is 18.1 Å². The predicted octanol–water partition coefficient (Wildman–Crippen LogP) is 3.12. The van der Waals surface area contributed by atoms with Crippen LogP contribution in [-0.2, 0) is 12.5 Å². The molecule has 0 fully saturated rings. The van der Waals surface area contributed by atoms with Crippen molar-refractivity contribution in [2.75, 3.05) is 7.05 Å². The van der Waals surface area contributed by atoms with E-state index in [9.17, 15) is 13.6 Å². The zero-order chi connectivity index (χ0) is 17.3. The third kappa shape index (κ3) is 3.21. The van der Waals surface area contributed by atoms with Crippen LogP contribution in [0.4, 0.5) is 8.78 Å². The van der Waals surface area contributed by atoms with E-state index in [1.807, 2.05) is 6.07 Å². The summed E-state index contributed by atoms with van der Waals surface area (Å²) in [6, 6.07) is 7.09. The van der Waals surface area contributed by atoms with Crippen LogP contribution in [0.1, 0.15) is 28.2 Å². The van der Waals surface area contributed by atoms with Crippen LogP contribution in [0.2, 0.25) is 0 Å². The lowest BCUT2D eigenvalue weighted by Gasteiger charge is -2.06. The van der Waals surface area contributed by atoms with Gasteiger partial charge in [-0.3, -0.25) is 4.79 Å². The Morgan fingerprint density at radius 2 is 2.21 bits per heavy atom. The van der Waals surface area contributed by atoms with Gasteiger partial charge < -0.3 is 14.4 Å². The Morgan fingerprint density at radius 3 is 2.88 bits per heavy atom. The van der Waals surface area contributed by atoms with E-state index in [-0.39, 0.29) is 11.7 Å². The number of carbonyl (C=O) groups excluding carboxylic acids is 1. The number of carbonyl (C=O) groups is 1. The Labute approximate surface area is 140 Å². The van der Waals surface area contributed by atoms with Gasteiger partial charge in [-0.05, 0) is 24.3 Å². The van der Waals surface area contributed by atoms with Crippen molar-refractivity contribution in [3.8, 4) is 10.7 Å². The van der Waals surface area contributed by atoms with E-state index in [2.05, 4.69) is 20.0 Å². The minimum absolute atomic E-state index is 0.127. The average Bonchev–Trinajstić information content (AvgIpc) is 3.25. The summed E-state index contributed by atoms with van der Waals surface area (Å²) in [5, 5.41) is 6.18. The first kappa shape index (κ1) is 16.3. The predicted molar refractivity (Wildman–Crippen MR) is 84.1 cm³/mol. The highest BCUT2D eigenvalue weighted by atomic mass is 32.1. The molecule has 6 nitrogen and oxygen atoms in total. The van der Waals surface area contributed by atoms with Gasteiger partial charge in [0.25, 0.3) is 11.8 Å². The molecule has 3 rings (SSSR count). The van der Waals surface area contributed by atoms with E-state index in [0.717, 1.165) is 4.88 Å². The van der Waals surface area contributed by atoms with Gasteiger partial charge in [0.15, 0.2) is 0 Å². The molecule has 3 heterocycles. The highest BCUT2D eigenvalue weighted by Crippen LogP contribution is 2.30. The van der Waals surface area contributed by atoms with Crippen LogP contribution in [0.5, 0.6) is 0 Å². The Hall–Kier alpha value is -2.55. The average molecular weight is 352 g/mol. The second-order valence-corrected chi connectivity index (χ2v) is 6.35. The molecule has 9 heteroatoms. The second-order valence-electron chi connectivity index (χ2n) is 5.18. The zero-order valence-electron chi connectivity index (χ0n) is 12.9. The molecule has 1 amide bonds. The molecule has 0 saturated heterocycles. The molecule has 3 aromatic heterocycles. The van der Waals surface area contributed by atoms with Gasteiger partial charge in [-0.1, -0.05) is 5.16 Å². The molecular formula is C15H14F2N4O2S. The van der Waals surface area contributed by atoms with Crippen molar-refractivity contribution in [3.63, 3.8) is 0 Å². The highest BCUT2D eigenvalue weighted by Gasteiger charge is 2.32. The number of amides is 1. The van der Waals surface area contributed by atoms with Crippen molar-refractivity contribution >= 4 is 17.2 Å². The van der Waals surface area contributed by atoms with Crippen LogP contribution in [0.25, 0.3) is 10.7 Å². The number of hydrogen-bond acceptors (Lipinski definition) is 5. The lowest BCUT2D eigenvalue weighted by Crippen LogP contribution is -2.21. The van der Waals surface area contributed by atoms with Crippen molar-refractivity contribution in [1.82, 2.24) is 20.0 Å². The van der Waals surface area contributed by atoms with Gasteiger partial charge in [0, 0.05) is 25.0 Å². The van der Waals surface area contributed by atoms with Gasteiger partial charge in [0.05, 0.1) is 11.4 Å². The molecule has 0 aliphatic rings. The summed E-state index contributed by atoms with van der Waals surface area (Å²) in [7, 11) is 1.57. The molecule has 0 bridgehead atoms. The maximum absolute atomic E-state index is 13.2. The molecule has 0 spiro atoms. The monoisotopic (exact) mass is 352 g/mol. The maximum Gasteiger partial charge on any atom is 0.322 e. The summed E-state index contributed by atoms with van der Waals surface area (Å²) < 4.78 is 32.7. The van der Waals surface area contributed by atoms with E-state index >= 15 is 0 Å².